The quantitative estimate of drug-likeness (QED) is 0.665. The predicted octanol–water partition coefficient (Wildman–Crippen LogP) is 0.893. The van der Waals surface area contributed by atoms with Gasteiger partial charge in [-0.15, -0.1) is 0 Å². The van der Waals surface area contributed by atoms with Crippen LogP contribution in [0.2, 0.25) is 0 Å². The summed E-state index contributed by atoms with van der Waals surface area (Å²) in [6, 6.07) is 4.85. The van der Waals surface area contributed by atoms with Crippen molar-refractivity contribution in [2.45, 2.75) is 6.61 Å². The minimum atomic E-state index is -0.212. The molecule has 1 rings (SSSR count). The maximum atomic E-state index is 9.18. The van der Waals surface area contributed by atoms with Crippen LogP contribution in [0.5, 0.6) is 11.5 Å². The highest BCUT2D eigenvalue weighted by Gasteiger charge is 2.05. The van der Waals surface area contributed by atoms with Gasteiger partial charge in [0, 0.05) is 0 Å². The largest absolute Gasteiger partial charge is 0.507 e. The molecule has 0 saturated heterocycles. The molecule has 0 aliphatic carbocycles. The number of hydrogen-bond donors (Lipinski definition) is 2. The molecule has 0 radical (unpaired) electrons. The first-order valence-corrected chi connectivity index (χ1v) is 3.25. The molecule has 0 amide bonds. The van der Waals surface area contributed by atoms with Crippen molar-refractivity contribution in [2.24, 2.45) is 0 Å². The lowest BCUT2D eigenvalue weighted by Crippen LogP contribution is -1.91. The van der Waals surface area contributed by atoms with E-state index in [0.29, 0.717) is 11.3 Å². The molecule has 0 atom stereocenters. The van der Waals surface area contributed by atoms with Gasteiger partial charge >= 0.3 is 0 Å². The zero-order valence-corrected chi connectivity index (χ0v) is 6.24. The molecule has 0 bridgehead atoms. The Balaban J connectivity index is 3.13. The van der Waals surface area contributed by atoms with Crippen molar-refractivity contribution < 1.29 is 14.9 Å². The fraction of sp³-hybridized carbons (Fsp3) is 0.250. The number of benzene rings is 1. The van der Waals surface area contributed by atoms with E-state index in [0.717, 1.165) is 0 Å². The average Bonchev–Trinajstić information content (AvgIpc) is 2.04. The average molecular weight is 154 g/mol. The Morgan fingerprint density at radius 1 is 1.45 bits per heavy atom. The monoisotopic (exact) mass is 154 g/mol. The normalized spacial score (nSPS) is 9.64. The third kappa shape index (κ3) is 1.43. The zero-order chi connectivity index (χ0) is 8.27. The van der Waals surface area contributed by atoms with Crippen molar-refractivity contribution >= 4 is 0 Å². The van der Waals surface area contributed by atoms with Gasteiger partial charge in [-0.1, -0.05) is 6.07 Å². The van der Waals surface area contributed by atoms with E-state index in [-0.39, 0.29) is 12.4 Å². The fourth-order valence-corrected chi connectivity index (χ4v) is 0.904. The smallest absolute Gasteiger partial charge is 0.128 e. The first-order chi connectivity index (χ1) is 5.29. The molecule has 11 heavy (non-hydrogen) atoms. The third-order valence-corrected chi connectivity index (χ3v) is 1.49. The maximum Gasteiger partial charge on any atom is 0.128 e. The highest BCUT2D eigenvalue weighted by atomic mass is 16.5. The molecular weight excluding hydrogens is 144 g/mol. The molecule has 0 saturated carbocycles. The minimum absolute atomic E-state index is 0.0619. The predicted molar refractivity (Wildman–Crippen MR) is 40.6 cm³/mol. The highest BCUT2D eigenvalue weighted by Crippen LogP contribution is 2.26. The van der Waals surface area contributed by atoms with Crippen molar-refractivity contribution in [2.75, 3.05) is 7.11 Å². The SMILES string of the molecule is COc1cccc(O)c1CO. The van der Waals surface area contributed by atoms with Crippen molar-refractivity contribution in [3.8, 4) is 11.5 Å². The van der Waals surface area contributed by atoms with Crippen molar-refractivity contribution in [1.29, 1.82) is 0 Å². The number of rotatable bonds is 2. The summed E-state index contributed by atoms with van der Waals surface area (Å²) < 4.78 is 4.90. The summed E-state index contributed by atoms with van der Waals surface area (Å²) in [7, 11) is 1.49. The molecule has 60 valence electrons. The van der Waals surface area contributed by atoms with Crippen molar-refractivity contribution in [1.82, 2.24) is 0 Å². The molecular formula is C8H10O3. The van der Waals surface area contributed by atoms with Gasteiger partial charge in [0.1, 0.15) is 11.5 Å². The van der Waals surface area contributed by atoms with Gasteiger partial charge in [0.25, 0.3) is 0 Å². The minimum Gasteiger partial charge on any atom is -0.507 e. The van der Waals surface area contributed by atoms with Gasteiger partial charge in [-0.05, 0) is 12.1 Å². The van der Waals surface area contributed by atoms with Gasteiger partial charge in [-0.25, -0.2) is 0 Å². The summed E-state index contributed by atoms with van der Waals surface area (Å²) in [6.07, 6.45) is 0. The number of methoxy groups -OCH3 is 1. The Morgan fingerprint density at radius 3 is 2.64 bits per heavy atom. The summed E-state index contributed by atoms with van der Waals surface area (Å²) in [5.41, 5.74) is 0.426. The van der Waals surface area contributed by atoms with Crippen LogP contribution >= 0.6 is 0 Å². The molecule has 1 aromatic rings. The van der Waals surface area contributed by atoms with Crippen molar-refractivity contribution in [3.05, 3.63) is 23.8 Å². The van der Waals surface area contributed by atoms with Gasteiger partial charge in [-0.3, -0.25) is 0 Å². The van der Waals surface area contributed by atoms with E-state index in [2.05, 4.69) is 0 Å². The molecule has 0 aliphatic heterocycles. The van der Waals surface area contributed by atoms with Crippen LogP contribution in [0.25, 0.3) is 0 Å². The lowest BCUT2D eigenvalue weighted by Gasteiger charge is -2.06. The van der Waals surface area contributed by atoms with E-state index >= 15 is 0 Å². The van der Waals surface area contributed by atoms with Crippen molar-refractivity contribution in [3.63, 3.8) is 0 Å². The van der Waals surface area contributed by atoms with E-state index < -0.39 is 0 Å². The Hall–Kier alpha value is -1.22. The molecule has 0 fully saturated rings. The molecule has 1 aromatic carbocycles. The highest BCUT2D eigenvalue weighted by molar-refractivity contribution is 5.43. The number of aliphatic hydroxyl groups excluding tert-OH is 1. The Kier molecular flexibility index (Phi) is 2.33. The van der Waals surface area contributed by atoms with Crippen LogP contribution in [-0.2, 0) is 6.61 Å². The molecule has 0 aromatic heterocycles. The van der Waals surface area contributed by atoms with Crippen LogP contribution < -0.4 is 4.74 Å². The van der Waals surface area contributed by atoms with Gasteiger partial charge in [-0.2, -0.15) is 0 Å². The molecule has 3 heteroatoms. The van der Waals surface area contributed by atoms with E-state index in [1.54, 1.807) is 12.1 Å². The summed E-state index contributed by atoms with van der Waals surface area (Å²) in [5.74, 6) is 0.569. The van der Waals surface area contributed by atoms with E-state index in [1.807, 2.05) is 0 Å². The fourth-order valence-electron chi connectivity index (χ4n) is 0.904. The zero-order valence-electron chi connectivity index (χ0n) is 6.24. The van der Waals surface area contributed by atoms with E-state index in [4.69, 9.17) is 9.84 Å². The number of hydrogen-bond acceptors (Lipinski definition) is 3. The lowest BCUT2D eigenvalue weighted by atomic mass is 10.2. The van der Waals surface area contributed by atoms with Gasteiger partial charge in [0.2, 0.25) is 0 Å². The second-order valence-electron chi connectivity index (χ2n) is 2.12. The number of ether oxygens (including phenoxy) is 1. The Labute approximate surface area is 64.9 Å². The van der Waals surface area contributed by atoms with Crippen LogP contribution in [0, 0.1) is 0 Å². The molecule has 0 heterocycles. The summed E-state index contributed by atoms with van der Waals surface area (Å²) in [6.45, 7) is -0.212. The standard InChI is InChI=1S/C8H10O3/c1-11-8-4-2-3-7(10)6(8)5-9/h2-4,9-10H,5H2,1H3. The van der Waals surface area contributed by atoms with E-state index in [1.165, 1.54) is 13.2 Å². The molecule has 3 nitrogen and oxygen atoms in total. The lowest BCUT2D eigenvalue weighted by molar-refractivity contribution is 0.267. The van der Waals surface area contributed by atoms with Crippen LogP contribution in [0.4, 0.5) is 0 Å². The number of phenols is 1. The maximum absolute atomic E-state index is 9.18. The second kappa shape index (κ2) is 3.25. The van der Waals surface area contributed by atoms with Crippen LogP contribution in [0.15, 0.2) is 18.2 Å². The van der Waals surface area contributed by atoms with Crippen LogP contribution in [-0.4, -0.2) is 17.3 Å². The van der Waals surface area contributed by atoms with Gasteiger partial charge in [0.15, 0.2) is 0 Å². The third-order valence-electron chi connectivity index (χ3n) is 1.49. The second-order valence-corrected chi connectivity index (χ2v) is 2.12. The molecule has 2 N–H and O–H groups in total. The van der Waals surface area contributed by atoms with Gasteiger partial charge in [0.05, 0.1) is 19.3 Å². The van der Waals surface area contributed by atoms with Gasteiger partial charge < -0.3 is 14.9 Å². The van der Waals surface area contributed by atoms with Crippen LogP contribution in [0.1, 0.15) is 5.56 Å². The Bertz CT molecular complexity index is 245. The summed E-state index contributed by atoms with van der Waals surface area (Å²) in [4.78, 5) is 0. The molecule has 0 spiro atoms. The number of aromatic hydroxyl groups is 1. The van der Waals surface area contributed by atoms with Crippen LogP contribution in [0.3, 0.4) is 0 Å². The Morgan fingerprint density at radius 2 is 2.18 bits per heavy atom. The summed E-state index contributed by atoms with van der Waals surface area (Å²) >= 11 is 0. The summed E-state index contributed by atoms with van der Waals surface area (Å²) in [5, 5.41) is 18.0. The first-order valence-electron chi connectivity index (χ1n) is 3.25. The first kappa shape index (κ1) is 7.88. The topological polar surface area (TPSA) is 49.7 Å². The van der Waals surface area contributed by atoms with E-state index in [9.17, 15) is 5.11 Å². The molecule has 0 unspecified atom stereocenters. The number of aliphatic hydroxyl groups is 1. The molecule has 0 aliphatic rings.